The van der Waals surface area contributed by atoms with Gasteiger partial charge in [0.1, 0.15) is 0 Å². The Labute approximate surface area is 115 Å². The third-order valence-corrected chi connectivity index (χ3v) is 4.76. The van der Waals surface area contributed by atoms with Crippen LogP contribution < -0.4 is 10.6 Å². The minimum Gasteiger partial charge on any atom is -0.369 e. The van der Waals surface area contributed by atoms with Crippen LogP contribution in [0, 0.1) is 6.92 Å². The topological polar surface area (TPSA) is 29.3 Å². The molecule has 3 heteroatoms. The molecule has 1 saturated heterocycles. The van der Waals surface area contributed by atoms with E-state index in [1.54, 1.807) is 0 Å². The average Bonchev–Trinajstić information content (AvgIpc) is 2.28. The molecule has 0 spiro atoms. The first-order valence-electron chi connectivity index (χ1n) is 6.70. The van der Waals surface area contributed by atoms with E-state index in [1.165, 1.54) is 22.6 Å². The first-order valence-corrected chi connectivity index (χ1v) is 7.69. The van der Waals surface area contributed by atoms with Crippen molar-refractivity contribution in [2.45, 2.75) is 31.9 Å². The van der Waals surface area contributed by atoms with Crippen molar-refractivity contribution in [1.29, 1.82) is 0 Å². The van der Waals surface area contributed by atoms with Gasteiger partial charge in [-0.05, 0) is 50.9 Å². The molecule has 2 N–H and O–H groups in total. The van der Waals surface area contributed by atoms with E-state index in [-0.39, 0.29) is 0 Å². The van der Waals surface area contributed by atoms with E-state index in [0.717, 1.165) is 26.1 Å². The van der Waals surface area contributed by atoms with E-state index in [2.05, 4.69) is 55.6 Å². The minimum absolute atomic E-state index is 0.362. The molecule has 2 rings (SSSR count). The SMILES string of the molecule is Cc1cc(CCN)ccc1N1CCSC(C)(C)C1. The monoisotopic (exact) mass is 264 g/mol. The molecule has 100 valence electrons. The van der Waals surface area contributed by atoms with Gasteiger partial charge in [0, 0.05) is 29.3 Å². The Morgan fingerprint density at radius 3 is 2.78 bits per heavy atom. The fourth-order valence-corrected chi connectivity index (χ4v) is 3.73. The molecule has 0 saturated carbocycles. The predicted molar refractivity (Wildman–Crippen MR) is 82.7 cm³/mol. The van der Waals surface area contributed by atoms with Gasteiger partial charge >= 0.3 is 0 Å². The molecule has 0 unspecified atom stereocenters. The molecule has 0 radical (unpaired) electrons. The quantitative estimate of drug-likeness (QED) is 0.910. The summed E-state index contributed by atoms with van der Waals surface area (Å²) in [6.07, 6.45) is 0.975. The van der Waals surface area contributed by atoms with Crippen LogP contribution in [0.5, 0.6) is 0 Å². The molecule has 0 aromatic heterocycles. The minimum atomic E-state index is 0.362. The molecule has 2 nitrogen and oxygen atoms in total. The Morgan fingerprint density at radius 2 is 2.17 bits per heavy atom. The molecule has 18 heavy (non-hydrogen) atoms. The Kier molecular flexibility index (Phi) is 4.23. The molecule has 0 bridgehead atoms. The van der Waals surface area contributed by atoms with Gasteiger partial charge in [0.05, 0.1) is 0 Å². The van der Waals surface area contributed by atoms with Gasteiger partial charge in [-0.3, -0.25) is 0 Å². The van der Waals surface area contributed by atoms with E-state index >= 15 is 0 Å². The summed E-state index contributed by atoms with van der Waals surface area (Å²) in [5.74, 6) is 1.22. The van der Waals surface area contributed by atoms with Gasteiger partial charge in [-0.1, -0.05) is 12.1 Å². The highest BCUT2D eigenvalue weighted by molar-refractivity contribution is 8.00. The summed E-state index contributed by atoms with van der Waals surface area (Å²) < 4.78 is 0.362. The highest BCUT2D eigenvalue weighted by Crippen LogP contribution is 2.33. The molecule has 0 aliphatic carbocycles. The summed E-state index contributed by atoms with van der Waals surface area (Å²) in [6.45, 7) is 9.90. The van der Waals surface area contributed by atoms with Gasteiger partial charge in [0.2, 0.25) is 0 Å². The molecule has 0 amide bonds. The Bertz CT molecular complexity index is 415. The second-order valence-electron chi connectivity index (χ2n) is 5.69. The molecule has 1 aliphatic heterocycles. The zero-order valence-corrected chi connectivity index (χ0v) is 12.5. The van der Waals surface area contributed by atoms with Crippen LogP contribution in [0.3, 0.4) is 0 Å². The molecular formula is C15H24N2S. The molecular weight excluding hydrogens is 240 g/mol. The van der Waals surface area contributed by atoms with Crippen LogP contribution in [0.25, 0.3) is 0 Å². The van der Waals surface area contributed by atoms with Crippen molar-refractivity contribution in [2.24, 2.45) is 5.73 Å². The Hall–Kier alpha value is -0.670. The fourth-order valence-electron chi connectivity index (χ4n) is 2.62. The van der Waals surface area contributed by atoms with Crippen LogP contribution in [0.15, 0.2) is 18.2 Å². The van der Waals surface area contributed by atoms with Gasteiger partial charge in [0.15, 0.2) is 0 Å². The second kappa shape index (κ2) is 5.54. The second-order valence-corrected chi connectivity index (χ2v) is 7.49. The van der Waals surface area contributed by atoms with Gasteiger partial charge < -0.3 is 10.6 Å². The summed E-state index contributed by atoms with van der Waals surface area (Å²) in [6, 6.07) is 6.78. The van der Waals surface area contributed by atoms with Crippen LogP contribution in [0.2, 0.25) is 0 Å². The van der Waals surface area contributed by atoms with E-state index in [1.807, 2.05) is 0 Å². The normalized spacial score (nSPS) is 19.0. The lowest BCUT2D eigenvalue weighted by Gasteiger charge is -2.39. The van der Waals surface area contributed by atoms with E-state index in [4.69, 9.17) is 5.73 Å². The molecule has 1 fully saturated rings. The number of benzene rings is 1. The van der Waals surface area contributed by atoms with Gasteiger partial charge in [-0.2, -0.15) is 11.8 Å². The molecule has 0 atom stereocenters. The average molecular weight is 264 g/mol. The maximum atomic E-state index is 5.61. The summed E-state index contributed by atoms with van der Waals surface area (Å²) in [5.41, 5.74) is 9.74. The van der Waals surface area contributed by atoms with Crippen LogP contribution in [-0.4, -0.2) is 30.1 Å². The fraction of sp³-hybridized carbons (Fsp3) is 0.600. The predicted octanol–water partition coefficient (Wildman–Crippen LogP) is 2.83. The number of nitrogens with zero attached hydrogens (tertiary/aromatic N) is 1. The molecule has 1 aromatic carbocycles. The number of anilines is 1. The van der Waals surface area contributed by atoms with Crippen LogP contribution in [-0.2, 0) is 6.42 Å². The maximum Gasteiger partial charge on any atom is 0.0396 e. The Morgan fingerprint density at radius 1 is 1.39 bits per heavy atom. The van der Waals surface area contributed by atoms with Crippen molar-refractivity contribution >= 4 is 17.4 Å². The number of hydrogen-bond donors (Lipinski definition) is 1. The number of nitrogens with two attached hydrogens (primary N) is 1. The van der Waals surface area contributed by atoms with E-state index in [9.17, 15) is 0 Å². The van der Waals surface area contributed by atoms with Crippen molar-refractivity contribution in [3.05, 3.63) is 29.3 Å². The van der Waals surface area contributed by atoms with Crippen molar-refractivity contribution in [1.82, 2.24) is 0 Å². The zero-order chi connectivity index (χ0) is 13.2. The standard InChI is InChI=1S/C15H24N2S/c1-12-10-13(6-7-16)4-5-14(12)17-8-9-18-15(2,3)11-17/h4-5,10H,6-9,11,16H2,1-3H3. The summed E-state index contributed by atoms with van der Waals surface area (Å²) in [5, 5.41) is 0. The largest absolute Gasteiger partial charge is 0.369 e. The molecule has 1 aromatic rings. The van der Waals surface area contributed by atoms with Crippen LogP contribution in [0.1, 0.15) is 25.0 Å². The van der Waals surface area contributed by atoms with Gasteiger partial charge in [-0.15, -0.1) is 0 Å². The van der Waals surface area contributed by atoms with Crippen molar-refractivity contribution in [3.8, 4) is 0 Å². The van der Waals surface area contributed by atoms with Crippen molar-refractivity contribution in [2.75, 3.05) is 30.3 Å². The van der Waals surface area contributed by atoms with Crippen LogP contribution >= 0.6 is 11.8 Å². The third-order valence-electron chi connectivity index (χ3n) is 3.46. The Balaban J connectivity index is 2.18. The lowest BCUT2D eigenvalue weighted by atomic mass is 10.1. The zero-order valence-electron chi connectivity index (χ0n) is 11.7. The highest BCUT2D eigenvalue weighted by atomic mass is 32.2. The van der Waals surface area contributed by atoms with E-state index in [0.29, 0.717) is 4.75 Å². The highest BCUT2D eigenvalue weighted by Gasteiger charge is 2.27. The smallest absolute Gasteiger partial charge is 0.0396 e. The van der Waals surface area contributed by atoms with Gasteiger partial charge in [0.25, 0.3) is 0 Å². The molecule has 1 aliphatic rings. The first-order chi connectivity index (χ1) is 8.52. The van der Waals surface area contributed by atoms with Gasteiger partial charge in [-0.25, -0.2) is 0 Å². The first kappa shape index (κ1) is 13.8. The summed E-state index contributed by atoms with van der Waals surface area (Å²) in [4.78, 5) is 2.53. The molecule has 1 heterocycles. The number of aryl methyl sites for hydroxylation is 1. The summed E-state index contributed by atoms with van der Waals surface area (Å²) >= 11 is 2.08. The van der Waals surface area contributed by atoms with Crippen molar-refractivity contribution < 1.29 is 0 Å². The number of hydrogen-bond acceptors (Lipinski definition) is 3. The van der Waals surface area contributed by atoms with Crippen LogP contribution in [0.4, 0.5) is 5.69 Å². The maximum absolute atomic E-state index is 5.61. The summed E-state index contributed by atoms with van der Waals surface area (Å²) in [7, 11) is 0. The lowest BCUT2D eigenvalue weighted by molar-refractivity contribution is 0.646. The number of thioether (sulfide) groups is 1. The number of rotatable bonds is 3. The third kappa shape index (κ3) is 3.21. The lowest BCUT2D eigenvalue weighted by Crippen LogP contribution is -2.43. The van der Waals surface area contributed by atoms with Crippen molar-refractivity contribution in [3.63, 3.8) is 0 Å². The van der Waals surface area contributed by atoms with E-state index < -0.39 is 0 Å².